The fourth-order valence-electron chi connectivity index (χ4n) is 2.29. The number of anilines is 1. The van der Waals surface area contributed by atoms with Gasteiger partial charge in [-0.15, -0.1) is 0 Å². The van der Waals surface area contributed by atoms with Crippen molar-refractivity contribution in [2.24, 2.45) is 0 Å². The molecule has 3 aromatic rings. The Hall–Kier alpha value is -1.81. The van der Waals surface area contributed by atoms with E-state index in [1.807, 2.05) is 37.4 Å². The summed E-state index contributed by atoms with van der Waals surface area (Å²) in [5.41, 5.74) is 3.00. The molecule has 1 aromatic heterocycles. The first-order chi connectivity index (χ1) is 9.22. The van der Waals surface area contributed by atoms with Gasteiger partial charge in [0.1, 0.15) is 5.75 Å². The number of fused-ring (bicyclic) bond motifs is 2. The summed E-state index contributed by atoms with van der Waals surface area (Å²) in [6.45, 7) is 0. The molecule has 0 spiro atoms. The highest BCUT2D eigenvalue weighted by molar-refractivity contribution is 9.10. The number of methoxy groups -OCH3 is 1. The number of hydrogen-bond acceptors (Lipinski definition) is 3. The van der Waals surface area contributed by atoms with E-state index < -0.39 is 0 Å². The molecule has 0 bridgehead atoms. The Morgan fingerprint density at radius 1 is 1.05 bits per heavy atom. The van der Waals surface area contributed by atoms with Crippen molar-refractivity contribution in [1.82, 2.24) is 4.98 Å². The third-order valence-corrected chi connectivity index (χ3v) is 3.69. The highest BCUT2D eigenvalue weighted by Crippen LogP contribution is 2.33. The van der Waals surface area contributed by atoms with E-state index in [2.05, 4.69) is 27.3 Å². The van der Waals surface area contributed by atoms with Crippen LogP contribution in [0.25, 0.3) is 21.8 Å². The molecule has 0 aliphatic carbocycles. The number of ether oxygens (including phenoxy) is 1. The molecule has 0 saturated heterocycles. The fraction of sp³-hybridized carbons (Fsp3) is 0.133. The zero-order valence-corrected chi connectivity index (χ0v) is 12.3. The smallest absolute Gasteiger partial charge is 0.119 e. The van der Waals surface area contributed by atoms with Crippen LogP contribution in [0.2, 0.25) is 0 Å². The Labute approximate surface area is 119 Å². The first-order valence-corrected chi connectivity index (χ1v) is 6.77. The summed E-state index contributed by atoms with van der Waals surface area (Å²) in [5, 5.41) is 5.44. The Morgan fingerprint density at radius 3 is 2.63 bits per heavy atom. The van der Waals surface area contributed by atoms with Gasteiger partial charge in [0, 0.05) is 22.3 Å². The van der Waals surface area contributed by atoms with Gasteiger partial charge in [0.25, 0.3) is 0 Å². The fourth-order valence-corrected chi connectivity index (χ4v) is 2.64. The van der Waals surface area contributed by atoms with Gasteiger partial charge < -0.3 is 10.1 Å². The molecular weight excluding hydrogens is 304 g/mol. The molecule has 0 amide bonds. The first-order valence-electron chi connectivity index (χ1n) is 5.97. The number of halogens is 1. The summed E-state index contributed by atoms with van der Waals surface area (Å²) in [6.07, 6.45) is 0. The van der Waals surface area contributed by atoms with Crippen molar-refractivity contribution in [3.63, 3.8) is 0 Å². The Balaban J connectivity index is 2.45. The molecule has 0 atom stereocenters. The van der Waals surface area contributed by atoms with Crippen LogP contribution >= 0.6 is 15.9 Å². The molecule has 1 N–H and O–H groups in total. The van der Waals surface area contributed by atoms with Crippen LogP contribution in [0.15, 0.2) is 40.9 Å². The lowest BCUT2D eigenvalue weighted by atomic mass is 10.1. The van der Waals surface area contributed by atoms with Gasteiger partial charge in [-0.05, 0) is 36.4 Å². The standard InChI is InChI=1S/C15H13BrN2O/c1-17-15-11-5-3-9(16)7-14(11)18-13-6-4-10(19-2)8-12(13)15/h3-8H,1-2H3,(H,17,18). The quantitative estimate of drug-likeness (QED) is 0.719. The summed E-state index contributed by atoms with van der Waals surface area (Å²) in [4.78, 5) is 4.70. The lowest BCUT2D eigenvalue weighted by Crippen LogP contribution is -1.95. The predicted octanol–water partition coefficient (Wildman–Crippen LogP) is 4.20. The van der Waals surface area contributed by atoms with Gasteiger partial charge in [-0.25, -0.2) is 4.98 Å². The number of aromatic nitrogens is 1. The minimum Gasteiger partial charge on any atom is -0.497 e. The molecule has 96 valence electrons. The second kappa shape index (κ2) is 4.70. The molecule has 0 saturated carbocycles. The van der Waals surface area contributed by atoms with Crippen LogP contribution in [0, 0.1) is 0 Å². The van der Waals surface area contributed by atoms with E-state index in [1.165, 1.54) is 0 Å². The van der Waals surface area contributed by atoms with E-state index in [9.17, 15) is 0 Å². The van der Waals surface area contributed by atoms with E-state index in [0.29, 0.717) is 0 Å². The minimum absolute atomic E-state index is 0.835. The highest BCUT2D eigenvalue weighted by Gasteiger charge is 2.09. The average Bonchev–Trinajstić information content (AvgIpc) is 2.44. The van der Waals surface area contributed by atoms with Crippen LogP contribution in [0.1, 0.15) is 0 Å². The van der Waals surface area contributed by atoms with Gasteiger partial charge in [0.05, 0.1) is 23.8 Å². The van der Waals surface area contributed by atoms with Gasteiger partial charge in [0.15, 0.2) is 0 Å². The molecule has 0 unspecified atom stereocenters. The lowest BCUT2D eigenvalue weighted by molar-refractivity contribution is 0.415. The molecule has 3 rings (SSSR count). The van der Waals surface area contributed by atoms with E-state index in [0.717, 1.165) is 37.7 Å². The highest BCUT2D eigenvalue weighted by atomic mass is 79.9. The van der Waals surface area contributed by atoms with Gasteiger partial charge in [-0.3, -0.25) is 0 Å². The van der Waals surface area contributed by atoms with Crippen molar-refractivity contribution in [2.75, 3.05) is 19.5 Å². The third-order valence-electron chi connectivity index (χ3n) is 3.19. The average molecular weight is 317 g/mol. The van der Waals surface area contributed by atoms with Crippen molar-refractivity contribution < 1.29 is 4.74 Å². The molecule has 0 aliphatic heterocycles. The first kappa shape index (κ1) is 12.2. The van der Waals surface area contributed by atoms with Crippen LogP contribution < -0.4 is 10.1 Å². The number of hydrogen-bond donors (Lipinski definition) is 1. The van der Waals surface area contributed by atoms with Crippen molar-refractivity contribution in [3.8, 4) is 5.75 Å². The van der Waals surface area contributed by atoms with Crippen LogP contribution in [0.4, 0.5) is 5.69 Å². The molecular formula is C15H13BrN2O. The molecule has 4 heteroatoms. The maximum Gasteiger partial charge on any atom is 0.119 e. The normalized spacial score (nSPS) is 10.9. The largest absolute Gasteiger partial charge is 0.497 e. The van der Waals surface area contributed by atoms with E-state index >= 15 is 0 Å². The summed E-state index contributed by atoms with van der Waals surface area (Å²) < 4.78 is 6.32. The molecule has 1 heterocycles. The molecule has 0 fully saturated rings. The SMILES string of the molecule is CNc1c2ccc(Br)cc2nc2ccc(OC)cc12. The number of nitrogens with zero attached hydrogens (tertiary/aromatic N) is 1. The van der Waals surface area contributed by atoms with Crippen LogP contribution in [0.3, 0.4) is 0 Å². The Morgan fingerprint density at radius 2 is 1.89 bits per heavy atom. The molecule has 3 nitrogen and oxygen atoms in total. The topological polar surface area (TPSA) is 34.2 Å². The number of benzene rings is 2. The lowest BCUT2D eigenvalue weighted by Gasteiger charge is -2.11. The summed E-state index contributed by atoms with van der Waals surface area (Å²) >= 11 is 3.49. The van der Waals surface area contributed by atoms with Gasteiger partial charge in [-0.2, -0.15) is 0 Å². The number of rotatable bonds is 2. The maximum absolute atomic E-state index is 5.29. The van der Waals surface area contributed by atoms with Gasteiger partial charge in [-0.1, -0.05) is 15.9 Å². The summed E-state index contributed by atoms with van der Waals surface area (Å²) in [6, 6.07) is 12.0. The number of pyridine rings is 1. The Bertz CT molecular complexity index is 771. The predicted molar refractivity (Wildman–Crippen MR) is 83.0 cm³/mol. The second-order valence-corrected chi connectivity index (χ2v) is 5.20. The maximum atomic E-state index is 5.29. The van der Waals surface area contributed by atoms with Crippen molar-refractivity contribution in [1.29, 1.82) is 0 Å². The number of nitrogens with one attached hydrogen (secondary N) is 1. The van der Waals surface area contributed by atoms with E-state index in [-0.39, 0.29) is 0 Å². The van der Waals surface area contributed by atoms with Crippen LogP contribution in [-0.4, -0.2) is 19.1 Å². The van der Waals surface area contributed by atoms with Crippen LogP contribution in [-0.2, 0) is 0 Å². The second-order valence-electron chi connectivity index (χ2n) is 4.28. The third kappa shape index (κ3) is 2.02. The molecule has 0 aliphatic rings. The van der Waals surface area contributed by atoms with Gasteiger partial charge >= 0.3 is 0 Å². The zero-order valence-electron chi connectivity index (χ0n) is 10.7. The Kier molecular flexibility index (Phi) is 3.03. The molecule has 0 radical (unpaired) electrons. The van der Waals surface area contributed by atoms with E-state index in [4.69, 9.17) is 9.72 Å². The van der Waals surface area contributed by atoms with Crippen molar-refractivity contribution in [3.05, 3.63) is 40.9 Å². The minimum atomic E-state index is 0.835. The molecule has 2 aromatic carbocycles. The summed E-state index contributed by atoms with van der Waals surface area (Å²) in [7, 11) is 3.60. The van der Waals surface area contributed by atoms with Crippen molar-refractivity contribution in [2.45, 2.75) is 0 Å². The summed E-state index contributed by atoms with van der Waals surface area (Å²) in [5.74, 6) is 0.835. The monoisotopic (exact) mass is 316 g/mol. The van der Waals surface area contributed by atoms with E-state index in [1.54, 1.807) is 7.11 Å². The zero-order chi connectivity index (χ0) is 13.4. The molecule has 19 heavy (non-hydrogen) atoms. The van der Waals surface area contributed by atoms with Crippen LogP contribution in [0.5, 0.6) is 5.75 Å². The van der Waals surface area contributed by atoms with Gasteiger partial charge in [0.2, 0.25) is 0 Å². The van der Waals surface area contributed by atoms with Crippen molar-refractivity contribution >= 4 is 43.4 Å².